The summed E-state index contributed by atoms with van der Waals surface area (Å²) in [6.45, 7) is 3.23. The molecule has 11 heteroatoms. The molecule has 8 N–H and O–H groups in total. The molecule has 216 valence electrons. The smallest absolute Gasteiger partial charge is 0.305 e. The minimum atomic E-state index is -1.08. The lowest BCUT2D eigenvalue weighted by molar-refractivity contribution is -0.138. The molecular weight excluding hydrogens is 524 g/mol. The highest BCUT2D eigenvalue weighted by Gasteiger charge is 2.22. The Morgan fingerprint density at radius 1 is 0.927 bits per heavy atom. The number of hydrogen-bond acceptors (Lipinski definition) is 5. The van der Waals surface area contributed by atoms with E-state index in [0.29, 0.717) is 12.0 Å². The third-order valence-corrected chi connectivity index (χ3v) is 6.54. The number of carboxylic acids is 1. The first-order chi connectivity index (χ1) is 19.5. The second-order valence-electron chi connectivity index (χ2n) is 9.74. The van der Waals surface area contributed by atoms with Crippen LogP contribution in [-0.2, 0) is 19.2 Å². The van der Waals surface area contributed by atoms with E-state index in [2.05, 4.69) is 52.1 Å². The summed E-state index contributed by atoms with van der Waals surface area (Å²) >= 11 is 0. The highest BCUT2D eigenvalue weighted by Crippen LogP contribution is 2.31. The second kappa shape index (κ2) is 14.5. The lowest BCUT2D eigenvalue weighted by Crippen LogP contribution is -2.49. The minimum absolute atomic E-state index is 0.0728. The van der Waals surface area contributed by atoms with Crippen molar-refractivity contribution in [2.75, 3.05) is 13.1 Å². The fraction of sp³-hybridized carbons (Fsp3) is 0.300. The van der Waals surface area contributed by atoms with Crippen molar-refractivity contribution >= 4 is 40.4 Å². The number of carboxylic acid groups (broad SMARTS) is 1. The van der Waals surface area contributed by atoms with Gasteiger partial charge in [-0.15, -0.1) is 0 Å². The molecule has 0 aliphatic carbocycles. The van der Waals surface area contributed by atoms with Crippen LogP contribution < -0.4 is 27.4 Å². The lowest BCUT2D eigenvalue weighted by atomic mass is 9.94. The van der Waals surface area contributed by atoms with E-state index in [4.69, 9.17) is 11.5 Å². The Morgan fingerprint density at radius 3 is 2.24 bits per heavy atom. The van der Waals surface area contributed by atoms with Gasteiger partial charge in [0, 0.05) is 13.5 Å². The van der Waals surface area contributed by atoms with Gasteiger partial charge in [-0.25, -0.2) is 0 Å². The Bertz CT molecular complexity index is 1430. The summed E-state index contributed by atoms with van der Waals surface area (Å²) in [6, 6.07) is 17.9. The van der Waals surface area contributed by atoms with Crippen LogP contribution in [0.25, 0.3) is 21.9 Å². The van der Waals surface area contributed by atoms with Gasteiger partial charge >= 0.3 is 5.97 Å². The molecule has 3 aromatic rings. The fourth-order valence-electron chi connectivity index (χ4n) is 4.58. The SMILES string of the molecule is CC(=O)NC(CCCN=C(N)N)C(=O)NCC(=O)NC(CC(=O)O)c1ccc(-c2ccc(C)c3ccccc23)cc1. The van der Waals surface area contributed by atoms with Gasteiger partial charge in [-0.2, -0.15) is 0 Å². The maximum Gasteiger partial charge on any atom is 0.305 e. The van der Waals surface area contributed by atoms with Crippen LogP contribution in [0.2, 0.25) is 0 Å². The van der Waals surface area contributed by atoms with Crippen LogP contribution in [-0.4, -0.2) is 53.9 Å². The molecule has 0 bridgehead atoms. The van der Waals surface area contributed by atoms with Crippen LogP contribution in [0.1, 0.15) is 43.4 Å². The quantitative estimate of drug-likeness (QED) is 0.105. The van der Waals surface area contributed by atoms with E-state index < -0.39 is 42.3 Å². The third kappa shape index (κ3) is 9.06. The molecule has 3 aromatic carbocycles. The molecule has 0 saturated carbocycles. The Kier molecular flexibility index (Phi) is 10.8. The van der Waals surface area contributed by atoms with Gasteiger partial charge in [0.2, 0.25) is 17.7 Å². The molecule has 0 saturated heterocycles. The lowest BCUT2D eigenvalue weighted by Gasteiger charge is -2.20. The number of aryl methyl sites for hydroxylation is 1. The summed E-state index contributed by atoms with van der Waals surface area (Å²) in [4.78, 5) is 52.3. The van der Waals surface area contributed by atoms with Crippen molar-refractivity contribution in [3.8, 4) is 11.1 Å². The van der Waals surface area contributed by atoms with Gasteiger partial charge in [-0.3, -0.25) is 24.2 Å². The summed E-state index contributed by atoms with van der Waals surface area (Å²) in [6.07, 6.45) is 0.345. The second-order valence-corrected chi connectivity index (χ2v) is 9.74. The number of nitrogens with zero attached hydrogens (tertiary/aromatic N) is 1. The van der Waals surface area contributed by atoms with Crippen LogP contribution in [0, 0.1) is 6.92 Å². The molecule has 2 unspecified atom stereocenters. The molecule has 3 amide bonds. The number of hydrogen-bond donors (Lipinski definition) is 6. The number of carbonyl (C=O) groups is 4. The summed E-state index contributed by atoms with van der Waals surface area (Å²) < 4.78 is 0. The first-order valence-electron chi connectivity index (χ1n) is 13.2. The predicted molar refractivity (Wildman–Crippen MR) is 158 cm³/mol. The van der Waals surface area contributed by atoms with Crippen molar-refractivity contribution in [3.05, 3.63) is 71.8 Å². The first kappa shape index (κ1) is 30.6. The Morgan fingerprint density at radius 2 is 1.61 bits per heavy atom. The van der Waals surface area contributed by atoms with Crippen LogP contribution in [0.15, 0.2) is 65.7 Å². The van der Waals surface area contributed by atoms with Crippen molar-refractivity contribution in [1.82, 2.24) is 16.0 Å². The summed E-state index contributed by atoms with van der Waals surface area (Å²) in [7, 11) is 0. The number of aliphatic imine (C=N–C) groups is 1. The zero-order valence-corrected chi connectivity index (χ0v) is 23.1. The molecule has 0 spiro atoms. The summed E-state index contributed by atoms with van der Waals surface area (Å²) in [5.41, 5.74) is 14.4. The third-order valence-electron chi connectivity index (χ3n) is 6.54. The average molecular weight is 561 g/mol. The van der Waals surface area contributed by atoms with Crippen molar-refractivity contribution in [2.24, 2.45) is 16.5 Å². The van der Waals surface area contributed by atoms with E-state index in [1.54, 1.807) is 12.1 Å². The van der Waals surface area contributed by atoms with Crippen LogP contribution >= 0.6 is 0 Å². The monoisotopic (exact) mass is 560 g/mol. The van der Waals surface area contributed by atoms with Crippen LogP contribution in [0.4, 0.5) is 0 Å². The van der Waals surface area contributed by atoms with Gasteiger partial charge in [0.1, 0.15) is 6.04 Å². The van der Waals surface area contributed by atoms with Gasteiger partial charge < -0.3 is 32.5 Å². The van der Waals surface area contributed by atoms with E-state index in [9.17, 15) is 24.3 Å². The number of nitrogens with two attached hydrogens (primary N) is 2. The molecule has 41 heavy (non-hydrogen) atoms. The number of aliphatic carboxylic acids is 1. The molecular formula is C30H36N6O5. The fourth-order valence-corrected chi connectivity index (χ4v) is 4.58. The molecule has 3 rings (SSSR count). The Balaban J connectivity index is 1.67. The molecule has 11 nitrogen and oxygen atoms in total. The Labute approximate surface area is 238 Å². The number of carbonyl (C=O) groups excluding carboxylic acids is 3. The van der Waals surface area contributed by atoms with Gasteiger partial charge in [-0.05, 0) is 52.8 Å². The predicted octanol–water partition coefficient (Wildman–Crippen LogP) is 2.12. The molecule has 0 aromatic heterocycles. The van der Waals surface area contributed by atoms with E-state index in [1.807, 2.05) is 24.3 Å². The van der Waals surface area contributed by atoms with E-state index in [-0.39, 0.29) is 25.3 Å². The number of rotatable bonds is 13. The van der Waals surface area contributed by atoms with E-state index >= 15 is 0 Å². The number of amides is 3. The van der Waals surface area contributed by atoms with Crippen molar-refractivity contribution < 1.29 is 24.3 Å². The van der Waals surface area contributed by atoms with Crippen LogP contribution in [0.5, 0.6) is 0 Å². The van der Waals surface area contributed by atoms with Crippen molar-refractivity contribution in [3.63, 3.8) is 0 Å². The maximum absolute atomic E-state index is 12.7. The largest absolute Gasteiger partial charge is 0.481 e. The average Bonchev–Trinajstić information content (AvgIpc) is 2.93. The Hall–Kier alpha value is -4.93. The highest BCUT2D eigenvalue weighted by molar-refractivity contribution is 5.98. The van der Waals surface area contributed by atoms with E-state index in [1.165, 1.54) is 12.5 Å². The van der Waals surface area contributed by atoms with Crippen molar-refractivity contribution in [1.29, 1.82) is 0 Å². The maximum atomic E-state index is 12.7. The standard InChI is InChI=1S/C30H36N6O5/c1-18-9-14-23(24-7-4-3-6-22(18)24)20-10-12-21(13-11-20)26(16-28(39)40)36-27(38)17-34-29(41)25(35-19(2)37)8-5-15-33-30(31)32/h3-4,6-7,9-14,25-26H,5,8,15-17H2,1-2H3,(H,34,41)(H,35,37)(H,36,38)(H,39,40)(H4,31,32,33). The zero-order valence-electron chi connectivity index (χ0n) is 23.1. The molecule has 2 atom stereocenters. The minimum Gasteiger partial charge on any atom is -0.481 e. The molecule has 0 aliphatic rings. The molecule has 0 heterocycles. The van der Waals surface area contributed by atoms with Gasteiger partial charge in [-0.1, -0.05) is 60.7 Å². The first-order valence-corrected chi connectivity index (χ1v) is 13.2. The number of guanidine groups is 1. The van der Waals surface area contributed by atoms with Gasteiger partial charge in [0.15, 0.2) is 5.96 Å². The summed E-state index contributed by atoms with van der Waals surface area (Å²) in [5, 5.41) is 19.5. The number of benzene rings is 3. The molecule has 0 fully saturated rings. The van der Waals surface area contributed by atoms with Crippen LogP contribution in [0.3, 0.4) is 0 Å². The van der Waals surface area contributed by atoms with Crippen molar-refractivity contribution in [2.45, 2.75) is 45.2 Å². The highest BCUT2D eigenvalue weighted by atomic mass is 16.4. The number of nitrogens with one attached hydrogen (secondary N) is 3. The molecule has 0 radical (unpaired) electrons. The van der Waals surface area contributed by atoms with Gasteiger partial charge in [0.05, 0.1) is 19.0 Å². The van der Waals surface area contributed by atoms with Gasteiger partial charge in [0.25, 0.3) is 0 Å². The molecule has 0 aliphatic heterocycles. The zero-order chi connectivity index (χ0) is 29.9. The summed E-state index contributed by atoms with van der Waals surface area (Å²) in [5.74, 6) is -2.68. The van der Waals surface area contributed by atoms with E-state index in [0.717, 1.165) is 21.9 Å². The number of fused-ring (bicyclic) bond motifs is 1. The normalized spacial score (nSPS) is 12.1. The topological polar surface area (TPSA) is 189 Å².